The van der Waals surface area contributed by atoms with Crippen molar-refractivity contribution in [1.82, 2.24) is 18.9 Å². The number of hydrogen-bond donors (Lipinski definition) is 1. The highest BCUT2D eigenvalue weighted by molar-refractivity contribution is 7.89. The molecule has 1 atom stereocenters. The van der Waals surface area contributed by atoms with Crippen LogP contribution in [0.1, 0.15) is 45.6 Å². The molecule has 1 saturated heterocycles. The van der Waals surface area contributed by atoms with Crippen LogP contribution in [0.15, 0.2) is 65.7 Å². The predicted molar refractivity (Wildman–Crippen MR) is 161 cm³/mol. The van der Waals surface area contributed by atoms with E-state index in [9.17, 15) is 8.42 Å². The van der Waals surface area contributed by atoms with Crippen molar-refractivity contribution in [3.63, 3.8) is 0 Å². The van der Waals surface area contributed by atoms with Gasteiger partial charge in [-0.1, -0.05) is 62.7 Å². The van der Waals surface area contributed by atoms with Gasteiger partial charge in [-0.25, -0.2) is 13.4 Å². The zero-order valence-corrected chi connectivity index (χ0v) is 24.6. The van der Waals surface area contributed by atoms with Gasteiger partial charge in [-0.05, 0) is 59.8 Å². The number of fused-ring (bicyclic) bond motifs is 1. The van der Waals surface area contributed by atoms with Crippen LogP contribution in [0.5, 0.6) is 0 Å². The summed E-state index contributed by atoms with van der Waals surface area (Å²) in [6.45, 7) is 8.13. The second kappa shape index (κ2) is 10.9. The third-order valence-corrected chi connectivity index (χ3v) is 10.2. The Kier molecular flexibility index (Phi) is 7.77. The molecule has 0 aliphatic carbocycles. The van der Waals surface area contributed by atoms with Gasteiger partial charge in [0, 0.05) is 42.5 Å². The van der Waals surface area contributed by atoms with E-state index < -0.39 is 10.0 Å². The second-order valence-corrected chi connectivity index (χ2v) is 13.4. The SMILES string of the molecule is Bc1cnn2c(NCC3CCCN(S(=O)(=O)c4ccc(C(C)(C)CC)cc4)C3)cc(-c3ccccc3Cl)nc12. The Morgan fingerprint density at radius 3 is 2.62 bits per heavy atom. The van der Waals surface area contributed by atoms with Crippen LogP contribution in [-0.2, 0) is 15.4 Å². The fourth-order valence-corrected chi connectivity index (χ4v) is 6.88. The van der Waals surface area contributed by atoms with Crippen molar-refractivity contribution in [3.8, 4) is 11.3 Å². The summed E-state index contributed by atoms with van der Waals surface area (Å²) >= 11 is 6.48. The van der Waals surface area contributed by atoms with Gasteiger partial charge in [0.1, 0.15) is 13.7 Å². The molecule has 1 N–H and O–H groups in total. The molecule has 0 radical (unpaired) electrons. The molecule has 0 amide bonds. The molecule has 4 aromatic rings. The molecule has 10 heteroatoms. The van der Waals surface area contributed by atoms with Gasteiger partial charge in [-0.2, -0.15) is 13.9 Å². The quantitative estimate of drug-likeness (QED) is 0.319. The van der Waals surface area contributed by atoms with Gasteiger partial charge in [0.05, 0.1) is 10.6 Å². The topological polar surface area (TPSA) is 79.6 Å². The summed E-state index contributed by atoms with van der Waals surface area (Å²) in [7, 11) is -1.58. The Hall–Kier alpha value is -2.88. The van der Waals surface area contributed by atoms with Gasteiger partial charge in [0.15, 0.2) is 5.65 Å². The summed E-state index contributed by atoms with van der Waals surface area (Å²) in [5.41, 5.74) is 4.52. The number of anilines is 1. The van der Waals surface area contributed by atoms with Crippen LogP contribution in [0.3, 0.4) is 0 Å². The van der Waals surface area contributed by atoms with E-state index in [4.69, 9.17) is 16.6 Å². The van der Waals surface area contributed by atoms with E-state index in [1.807, 2.05) is 50.3 Å². The molecular weight excluding hydrogens is 529 g/mol. The second-order valence-electron chi connectivity index (χ2n) is 11.1. The lowest BCUT2D eigenvalue weighted by molar-refractivity contribution is 0.275. The fraction of sp³-hybridized carbons (Fsp3) is 0.379. The number of hydrogen-bond acceptors (Lipinski definition) is 5. The molecule has 2 aromatic heterocycles. The largest absolute Gasteiger partial charge is 0.370 e. The highest BCUT2D eigenvalue weighted by atomic mass is 35.5. The summed E-state index contributed by atoms with van der Waals surface area (Å²) in [5, 5.41) is 8.69. The normalized spacial score (nSPS) is 17.0. The molecule has 3 heterocycles. The molecule has 0 saturated carbocycles. The van der Waals surface area contributed by atoms with Gasteiger partial charge < -0.3 is 5.32 Å². The Morgan fingerprint density at radius 1 is 1.15 bits per heavy atom. The maximum atomic E-state index is 13.5. The van der Waals surface area contributed by atoms with Crippen molar-refractivity contribution < 1.29 is 8.42 Å². The number of nitrogens with one attached hydrogen (secondary N) is 1. The molecule has 5 rings (SSSR count). The number of benzene rings is 2. The maximum absolute atomic E-state index is 13.5. The lowest BCUT2D eigenvalue weighted by Crippen LogP contribution is -2.41. The average molecular weight is 564 g/mol. The lowest BCUT2D eigenvalue weighted by atomic mass is 9.82. The minimum absolute atomic E-state index is 0.0153. The van der Waals surface area contributed by atoms with Crippen LogP contribution in [-0.4, -0.2) is 54.8 Å². The molecule has 7 nitrogen and oxygen atoms in total. The molecule has 39 heavy (non-hydrogen) atoms. The third-order valence-electron chi connectivity index (χ3n) is 8.01. The average Bonchev–Trinajstić information content (AvgIpc) is 3.32. The molecule has 2 aromatic carbocycles. The monoisotopic (exact) mass is 563 g/mol. The summed E-state index contributed by atoms with van der Waals surface area (Å²) in [6, 6.07) is 17.0. The predicted octanol–water partition coefficient (Wildman–Crippen LogP) is 4.51. The first-order valence-electron chi connectivity index (χ1n) is 13.5. The minimum atomic E-state index is -3.56. The number of halogens is 1. The molecular formula is C29H35BClN5O2S. The van der Waals surface area contributed by atoms with Crippen molar-refractivity contribution in [3.05, 3.63) is 71.4 Å². The van der Waals surface area contributed by atoms with Gasteiger partial charge in [-0.15, -0.1) is 0 Å². The first-order valence-corrected chi connectivity index (χ1v) is 15.4. The van der Waals surface area contributed by atoms with E-state index in [1.165, 1.54) is 0 Å². The lowest BCUT2D eigenvalue weighted by Gasteiger charge is -2.32. The zero-order chi connectivity index (χ0) is 27.8. The van der Waals surface area contributed by atoms with Crippen molar-refractivity contribution in [2.75, 3.05) is 25.0 Å². The van der Waals surface area contributed by atoms with Gasteiger partial charge in [0.2, 0.25) is 10.0 Å². The first-order chi connectivity index (χ1) is 18.6. The van der Waals surface area contributed by atoms with E-state index in [0.717, 1.165) is 53.0 Å². The van der Waals surface area contributed by atoms with E-state index in [1.54, 1.807) is 27.2 Å². The summed E-state index contributed by atoms with van der Waals surface area (Å²) < 4.78 is 30.5. The van der Waals surface area contributed by atoms with Gasteiger partial charge in [0.25, 0.3) is 0 Å². The van der Waals surface area contributed by atoms with Crippen LogP contribution in [0.25, 0.3) is 16.9 Å². The van der Waals surface area contributed by atoms with Gasteiger partial charge in [-0.3, -0.25) is 0 Å². The molecule has 0 bridgehead atoms. The standard InChI is InChI=1S/C29H35BClN5O2S/c1-4-29(2,3)21-11-13-22(14-12-21)39(37,38)35-15-7-8-20(19-35)17-32-27-16-26(23-9-5-6-10-25(23)31)34-28-24(30)18-33-36(27)28/h5-6,9-14,16,18,20,32H,4,7-8,15,17,19,30H2,1-3H3. The van der Waals surface area contributed by atoms with Crippen molar-refractivity contribution in [2.24, 2.45) is 5.92 Å². The molecule has 1 unspecified atom stereocenters. The van der Waals surface area contributed by atoms with Crippen molar-refractivity contribution in [1.29, 1.82) is 0 Å². The zero-order valence-electron chi connectivity index (χ0n) is 23.0. The van der Waals surface area contributed by atoms with Crippen LogP contribution >= 0.6 is 11.6 Å². The van der Waals surface area contributed by atoms with Crippen molar-refractivity contribution >= 4 is 46.4 Å². The highest BCUT2D eigenvalue weighted by Gasteiger charge is 2.31. The van der Waals surface area contributed by atoms with E-state index in [0.29, 0.717) is 29.6 Å². The highest BCUT2D eigenvalue weighted by Crippen LogP contribution is 2.31. The summed E-state index contributed by atoms with van der Waals surface area (Å²) in [4.78, 5) is 5.17. The number of aromatic nitrogens is 3. The van der Waals surface area contributed by atoms with Crippen LogP contribution in [0, 0.1) is 5.92 Å². The number of piperidine rings is 1. The summed E-state index contributed by atoms with van der Waals surface area (Å²) in [6.07, 6.45) is 4.56. The molecule has 1 fully saturated rings. The number of nitrogens with zero attached hydrogens (tertiary/aromatic N) is 4. The Morgan fingerprint density at radius 2 is 1.90 bits per heavy atom. The van der Waals surface area contributed by atoms with E-state index >= 15 is 0 Å². The maximum Gasteiger partial charge on any atom is 0.243 e. The van der Waals surface area contributed by atoms with Crippen LogP contribution in [0.2, 0.25) is 5.02 Å². The van der Waals surface area contributed by atoms with Crippen LogP contribution < -0.4 is 10.8 Å². The Bertz CT molecular complexity index is 1590. The molecule has 0 spiro atoms. The third kappa shape index (κ3) is 5.58. The van der Waals surface area contributed by atoms with Crippen LogP contribution in [0.4, 0.5) is 5.82 Å². The fourth-order valence-electron chi connectivity index (χ4n) is 5.10. The molecule has 204 valence electrons. The van der Waals surface area contributed by atoms with E-state index in [-0.39, 0.29) is 11.3 Å². The molecule has 1 aliphatic heterocycles. The Labute approximate surface area is 237 Å². The van der Waals surface area contributed by atoms with Gasteiger partial charge >= 0.3 is 0 Å². The summed E-state index contributed by atoms with van der Waals surface area (Å²) in [5.74, 6) is 0.965. The smallest absolute Gasteiger partial charge is 0.243 e. The Balaban J connectivity index is 1.34. The van der Waals surface area contributed by atoms with E-state index in [2.05, 4.69) is 31.2 Å². The van der Waals surface area contributed by atoms with Crippen molar-refractivity contribution in [2.45, 2.75) is 50.3 Å². The number of rotatable bonds is 8. The molecule has 1 aliphatic rings. The number of sulfonamides is 1. The first kappa shape index (κ1) is 27.7. The minimum Gasteiger partial charge on any atom is -0.370 e.